The number of benzene rings is 1. The summed E-state index contributed by atoms with van der Waals surface area (Å²) in [6.45, 7) is 6.47. The van der Waals surface area contributed by atoms with E-state index in [-0.39, 0.29) is 0 Å². The number of primary amides is 1. The molecule has 0 saturated carbocycles. The van der Waals surface area contributed by atoms with Gasteiger partial charge in [0.15, 0.2) is 11.5 Å². The topological polar surface area (TPSA) is 103 Å². The minimum atomic E-state index is -1.09. The highest BCUT2D eigenvalue weighted by Crippen LogP contribution is 2.28. The molecule has 1 rings (SSSR count). The molecule has 0 saturated heterocycles. The number of nitrogens with one attached hydrogen (secondary N) is 1. The van der Waals surface area contributed by atoms with Crippen molar-refractivity contribution in [2.45, 2.75) is 20.8 Å². The second-order valence-corrected chi connectivity index (χ2v) is 4.03. The molecule has 0 aromatic heterocycles. The predicted molar refractivity (Wildman–Crippen MR) is 78.3 cm³/mol. The van der Waals surface area contributed by atoms with Crippen LogP contribution in [0.1, 0.15) is 26.3 Å². The van der Waals surface area contributed by atoms with Crippen molar-refractivity contribution in [3.63, 3.8) is 0 Å². The van der Waals surface area contributed by atoms with E-state index < -0.39 is 11.8 Å². The van der Waals surface area contributed by atoms with Gasteiger partial charge in [0.05, 0.1) is 18.9 Å². The van der Waals surface area contributed by atoms with Crippen molar-refractivity contribution in [2.75, 3.05) is 13.2 Å². The van der Waals surface area contributed by atoms with Gasteiger partial charge in [-0.3, -0.25) is 9.59 Å². The first-order valence-corrected chi connectivity index (χ1v) is 6.53. The van der Waals surface area contributed by atoms with E-state index in [9.17, 15) is 9.59 Å². The molecule has 0 heterocycles. The maximum absolute atomic E-state index is 11.0. The van der Waals surface area contributed by atoms with Gasteiger partial charge in [-0.1, -0.05) is 0 Å². The van der Waals surface area contributed by atoms with Crippen LogP contribution >= 0.6 is 0 Å². The van der Waals surface area contributed by atoms with Gasteiger partial charge in [-0.05, 0) is 39.0 Å². The van der Waals surface area contributed by atoms with Gasteiger partial charge in [0.2, 0.25) is 0 Å². The third-order valence-corrected chi connectivity index (χ3v) is 2.51. The normalized spacial score (nSPS) is 10.9. The smallest absolute Gasteiger partial charge is 0.329 e. The summed E-state index contributed by atoms with van der Waals surface area (Å²) in [5, 5.41) is 3.81. The average molecular weight is 293 g/mol. The summed E-state index contributed by atoms with van der Waals surface area (Å²) in [6.07, 6.45) is 0. The fourth-order valence-corrected chi connectivity index (χ4v) is 1.53. The molecule has 114 valence electrons. The van der Waals surface area contributed by atoms with Crippen molar-refractivity contribution in [1.82, 2.24) is 5.43 Å². The van der Waals surface area contributed by atoms with E-state index in [1.807, 2.05) is 13.8 Å². The standard InChI is InChI=1S/C14H19N3O4/c1-4-20-11-7-6-10(8-12(11)21-5-2)9(3)16-17-14(19)13(15)18/h6-8H,4-5H2,1-3H3,(H2,15,18)(H,17,19)/b16-9-. The number of nitrogens with two attached hydrogens (primary N) is 1. The molecule has 7 heteroatoms. The molecule has 1 aromatic rings. The lowest BCUT2D eigenvalue weighted by molar-refractivity contribution is -0.137. The Balaban J connectivity index is 2.96. The Labute approximate surface area is 123 Å². The number of hydrazone groups is 1. The molecular formula is C14H19N3O4. The molecule has 2 amide bonds. The first-order valence-electron chi connectivity index (χ1n) is 6.53. The van der Waals surface area contributed by atoms with Crippen LogP contribution in [0.3, 0.4) is 0 Å². The Morgan fingerprint density at radius 2 is 1.81 bits per heavy atom. The largest absolute Gasteiger partial charge is 0.490 e. The molecule has 0 aliphatic heterocycles. The van der Waals surface area contributed by atoms with E-state index in [1.165, 1.54) is 0 Å². The van der Waals surface area contributed by atoms with Crippen LogP contribution in [0.4, 0.5) is 0 Å². The summed E-state index contributed by atoms with van der Waals surface area (Å²) in [5.41, 5.74) is 8.13. The van der Waals surface area contributed by atoms with E-state index >= 15 is 0 Å². The summed E-state index contributed by atoms with van der Waals surface area (Å²) >= 11 is 0. The predicted octanol–water partition coefficient (Wildman–Crippen LogP) is 0.810. The van der Waals surface area contributed by atoms with Crippen molar-refractivity contribution in [2.24, 2.45) is 10.8 Å². The third-order valence-electron chi connectivity index (χ3n) is 2.51. The van der Waals surface area contributed by atoms with E-state index in [4.69, 9.17) is 15.2 Å². The summed E-state index contributed by atoms with van der Waals surface area (Å²) < 4.78 is 11.0. The van der Waals surface area contributed by atoms with Crippen molar-refractivity contribution < 1.29 is 19.1 Å². The minimum Gasteiger partial charge on any atom is -0.490 e. The van der Waals surface area contributed by atoms with Crippen LogP contribution in [-0.4, -0.2) is 30.7 Å². The lowest BCUT2D eigenvalue weighted by Crippen LogP contribution is -2.33. The van der Waals surface area contributed by atoms with Crippen LogP contribution in [0.2, 0.25) is 0 Å². The van der Waals surface area contributed by atoms with Crippen LogP contribution in [0.5, 0.6) is 11.5 Å². The van der Waals surface area contributed by atoms with Gasteiger partial charge in [0.25, 0.3) is 0 Å². The second-order valence-electron chi connectivity index (χ2n) is 4.03. The van der Waals surface area contributed by atoms with Crippen LogP contribution in [-0.2, 0) is 9.59 Å². The van der Waals surface area contributed by atoms with Gasteiger partial charge >= 0.3 is 11.8 Å². The van der Waals surface area contributed by atoms with Crippen LogP contribution < -0.4 is 20.6 Å². The molecule has 0 radical (unpaired) electrons. The quantitative estimate of drug-likeness (QED) is 0.460. The number of hydrogen-bond donors (Lipinski definition) is 2. The van der Waals surface area contributed by atoms with Gasteiger partial charge < -0.3 is 15.2 Å². The third kappa shape index (κ3) is 4.79. The fourth-order valence-electron chi connectivity index (χ4n) is 1.53. The average Bonchev–Trinajstić information content (AvgIpc) is 2.46. The molecule has 0 bridgehead atoms. The number of rotatable bonds is 6. The molecule has 0 aliphatic rings. The SMILES string of the molecule is CCOc1ccc(/C(C)=N\NC(=O)C(N)=O)cc1OCC. The summed E-state index contributed by atoms with van der Waals surface area (Å²) in [6, 6.07) is 5.30. The minimum absolute atomic E-state index is 0.498. The van der Waals surface area contributed by atoms with Gasteiger partial charge in [0.1, 0.15) is 0 Å². The lowest BCUT2D eigenvalue weighted by atomic mass is 10.1. The monoisotopic (exact) mass is 293 g/mol. The Bertz CT molecular complexity index is 555. The highest BCUT2D eigenvalue weighted by atomic mass is 16.5. The van der Waals surface area contributed by atoms with E-state index in [2.05, 4.69) is 10.5 Å². The van der Waals surface area contributed by atoms with E-state index in [0.717, 1.165) is 5.56 Å². The van der Waals surface area contributed by atoms with Crippen molar-refractivity contribution >= 4 is 17.5 Å². The van der Waals surface area contributed by atoms with Crippen LogP contribution in [0, 0.1) is 0 Å². The Morgan fingerprint density at radius 3 is 2.38 bits per heavy atom. The molecule has 0 spiro atoms. The molecule has 0 fully saturated rings. The maximum Gasteiger partial charge on any atom is 0.329 e. The number of carbonyl (C=O) groups excluding carboxylic acids is 2. The van der Waals surface area contributed by atoms with Gasteiger partial charge in [-0.25, -0.2) is 5.43 Å². The molecule has 0 unspecified atom stereocenters. The van der Waals surface area contributed by atoms with Crippen LogP contribution in [0.25, 0.3) is 0 Å². The maximum atomic E-state index is 11.0. The van der Waals surface area contributed by atoms with Crippen molar-refractivity contribution in [3.05, 3.63) is 23.8 Å². The lowest BCUT2D eigenvalue weighted by Gasteiger charge is -2.12. The fraction of sp³-hybridized carbons (Fsp3) is 0.357. The Kier molecular flexibility index (Phi) is 6.19. The number of carbonyl (C=O) groups is 2. The molecular weight excluding hydrogens is 274 g/mol. The summed E-state index contributed by atoms with van der Waals surface area (Å²) in [7, 11) is 0. The van der Waals surface area contributed by atoms with Gasteiger partial charge in [-0.15, -0.1) is 0 Å². The van der Waals surface area contributed by atoms with Crippen molar-refractivity contribution in [3.8, 4) is 11.5 Å². The first-order chi connectivity index (χ1) is 9.99. The summed E-state index contributed by atoms with van der Waals surface area (Å²) in [5.74, 6) is -0.830. The molecule has 21 heavy (non-hydrogen) atoms. The Hall–Kier alpha value is -2.57. The molecule has 3 N–H and O–H groups in total. The van der Waals surface area contributed by atoms with Crippen molar-refractivity contribution in [1.29, 1.82) is 0 Å². The second kappa shape index (κ2) is 7.88. The zero-order valence-corrected chi connectivity index (χ0v) is 12.3. The van der Waals surface area contributed by atoms with Gasteiger partial charge in [0, 0.05) is 5.56 Å². The number of amides is 2. The van der Waals surface area contributed by atoms with E-state index in [0.29, 0.717) is 30.4 Å². The van der Waals surface area contributed by atoms with E-state index in [1.54, 1.807) is 25.1 Å². The zero-order chi connectivity index (χ0) is 15.8. The Morgan fingerprint density at radius 1 is 1.19 bits per heavy atom. The molecule has 0 atom stereocenters. The van der Waals surface area contributed by atoms with Gasteiger partial charge in [-0.2, -0.15) is 5.10 Å². The zero-order valence-electron chi connectivity index (χ0n) is 12.3. The number of ether oxygens (including phenoxy) is 2. The van der Waals surface area contributed by atoms with Crippen LogP contribution in [0.15, 0.2) is 23.3 Å². The molecule has 0 aliphatic carbocycles. The molecule has 1 aromatic carbocycles. The first kappa shape index (κ1) is 16.5. The molecule has 7 nitrogen and oxygen atoms in total. The number of nitrogens with zero attached hydrogens (tertiary/aromatic N) is 1. The highest BCUT2D eigenvalue weighted by Gasteiger charge is 2.10. The summed E-state index contributed by atoms with van der Waals surface area (Å²) in [4.78, 5) is 21.7. The number of hydrogen-bond acceptors (Lipinski definition) is 5. The highest BCUT2D eigenvalue weighted by molar-refractivity contribution is 6.34.